The smallest absolute Gasteiger partial charge is 0.264 e. The topological polar surface area (TPSA) is 33.1 Å². The largest absolute Gasteiger partial charge is 0.392 e. The second-order valence-electron chi connectivity index (χ2n) is 2.56. The molecule has 0 bridgehead atoms. The Kier molecular flexibility index (Phi) is 4.40. The molecule has 78 valence electrons. The standard InChI is InChI=1S/C8H7Br2F2NO/c9-1-4-2-13-7(10)5(3-14)6(4)8(11)12/h2,8,14H,1,3H2. The van der Waals surface area contributed by atoms with E-state index in [1.54, 1.807) is 0 Å². The van der Waals surface area contributed by atoms with E-state index in [4.69, 9.17) is 5.11 Å². The van der Waals surface area contributed by atoms with Gasteiger partial charge in [0.1, 0.15) is 4.60 Å². The van der Waals surface area contributed by atoms with Crippen molar-refractivity contribution in [3.63, 3.8) is 0 Å². The van der Waals surface area contributed by atoms with Crippen LogP contribution < -0.4 is 0 Å². The van der Waals surface area contributed by atoms with Crippen LogP contribution in [0, 0.1) is 0 Å². The van der Waals surface area contributed by atoms with Crippen molar-refractivity contribution in [3.8, 4) is 0 Å². The molecule has 0 atom stereocenters. The van der Waals surface area contributed by atoms with E-state index in [0.717, 1.165) is 0 Å². The van der Waals surface area contributed by atoms with E-state index < -0.39 is 13.0 Å². The maximum absolute atomic E-state index is 12.7. The molecule has 0 fully saturated rings. The lowest BCUT2D eigenvalue weighted by Gasteiger charge is -2.11. The zero-order chi connectivity index (χ0) is 10.7. The molecule has 0 aromatic carbocycles. The van der Waals surface area contributed by atoms with Gasteiger partial charge in [-0.25, -0.2) is 13.8 Å². The molecule has 0 unspecified atom stereocenters. The second kappa shape index (κ2) is 5.14. The number of halogens is 4. The van der Waals surface area contributed by atoms with Gasteiger partial charge in [-0.3, -0.25) is 0 Å². The Balaban J connectivity index is 3.36. The molecule has 0 aliphatic rings. The Morgan fingerprint density at radius 1 is 1.50 bits per heavy atom. The van der Waals surface area contributed by atoms with Gasteiger partial charge in [-0.1, -0.05) is 15.9 Å². The molecule has 0 saturated heterocycles. The number of aliphatic hydroxyl groups excluding tert-OH is 1. The molecule has 1 aromatic heterocycles. The average molecular weight is 331 g/mol. The zero-order valence-electron chi connectivity index (χ0n) is 6.98. The fourth-order valence-electron chi connectivity index (χ4n) is 1.12. The summed E-state index contributed by atoms with van der Waals surface area (Å²) in [6, 6.07) is 0. The van der Waals surface area contributed by atoms with Crippen LogP contribution in [0.15, 0.2) is 10.8 Å². The van der Waals surface area contributed by atoms with Crippen molar-refractivity contribution in [1.82, 2.24) is 4.98 Å². The van der Waals surface area contributed by atoms with E-state index >= 15 is 0 Å². The number of pyridine rings is 1. The van der Waals surface area contributed by atoms with Crippen molar-refractivity contribution in [3.05, 3.63) is 27.5 Å². The van der Waals surface area contributed by atoms with Crippen molar-refractivity contribution in [1.29, 1.82) is 0 Å². The van der Waals surface area contributed by atoms with Gasteiger partial charge in [-0.2, -0.15) is 0 Å². The summed E-state index contributed by atoms with van der Waals surface area (Å²) >= 11 is 6.11. The lowest BCUT2D eigenvalue weighted by Crippen LogP contribution is -2.02. The minimum atomic E-state index is -2.61. The highest BCUT2D eigenvalue weighted by Gasteiger charge is 2.19. The highest BCUT2D eigenvalue weighted by molar-refractivity contribution is 9.10. The summed E-state index contributed by atoms with van der Waals surface area (Å²) in [6.45, 7) is -0.450. The van der Waals surface area contributed by atoms with Crippen LogP contribution in [0.2, 0.25) is 0 Å². The number of alkyl halides is 3. The molecule has 0 spiro atoms. The summed E-state index contributed by atoms with van der Waals surface area (Å²) in [7, 11) is 0. The Bertz CT molecular complexity index is 333. The summed E-state index contributed by atoms with van der Waals surface area (Å²) in [5.74, 6) is 0. The number of aliphatic hydroxyl groups is 1. The van der Waals surface area contributed by atoms with E-state index in [2.05, 4.69) is 36.8 Å². The predicted octanol–water partition coefficient (Wildman–Crippen LogP) is 3.17. The zero-order valence-corrected chi connectivity index (χ0v) is 10.1. The van der Waals surface area contributed by atoms with Crippen LogP contribution in [0.5, 0.6) is 0 Å². The minimum absolute atomic E-state index is 0.147. The molecule has 0 aliphatic carbocycles. The fourth-order valence-corrected chi connectivity index (χ4v) is 2.00. The van der Waals surface area contributed by atoms with Crippen molar-refractivity contribution in [2.24, 2.45) is 0 Å². The van der Waals surface area contributed by atoms with Crippen LogP contribution in [0.3, 0.4) is 0 Å². The Morgan fingerprint density at radius 3 is 2.57 bits per heavy atom. The molecule has 1 aromatic rings. The molecule has 0 saturated carbocycles. The minimum Gasteiger partial charge on any atom is -0.392 e. The van der Waals surface area contributed by atoms with E-state index in [9.17, 15) is 8.78 Å². The first kappa shape index (κ1) is 12.0. The maximum Gasteiger partial charge on any atom is 0.264 e. The van der Waals surface area contributed by atoms with Crippen LogP contribution in [-0.4, -0.2) is 10.1 Å². The summed E-state index contributed by atoms with van der Waals surface area (Å²) in [6.07, 6.45) is -1.25. The lowest BCUT2D eigenvalue weighted by molar-refractivity contribution is 0.146. The van der Waals surface area contributed by atoms with Crippen molar-refractivity contribution in [2.45, 2.75) is 18.4 Å². The van der Waals surface area contributed by atoms with Crippen LogP contribution in [0.4, 0.5) is 8.78 Å². The molecule has 2 nitrogen and oxygen atoms in total. The Hall–Kier alpha value is -0.0700. The Labute approximate surface area is 96.6 Å². The van der Waals surface area contributed by atoms with Crippen molar-refractivity contribution < 1.29 is 13.9 Å². The quantitative estimate of drug-likeness (QED) is 0.682. The third kappa shape index (κ3) is 2.29. The molecule has 1 N–H and O–H groups in total. The van der Waals surface area contributed by atoms with Gasteiger partial charge in [-0.05, 0) is 21.5 Å². The highest BCUT2D eigenvalue weighted by Crippen LogP contribution is 2.31. The van der Waals surface area contributed by atoms with Crippen molar-refractivity contribution in [2.75, 3.05) is 0 Å². The third-order valence-electron chi connectivity index (χ3n) is 1.77. The number of aromatic nitrogens is 1. The number of rotatable bonds is 3. The number of hydrogen-bond acceptors (Lipinski definition) is 2. The van der Waals surface area contributed by atoms with Gasteiger partial charge in [0.25, 0.3) is 6.43 Å². The average Bonchev–Trinajstić information content (AvgIpc) is 2.17. The second-order valence-corrected chi connectivity index (χ2v) is 3.87. The highest BCUT2D eigenvalue weighted by atomic mass is 79.9. The number of hydrogen-bond donors (Lipinski definition) is 1. The molecule has 1 heterocycles. The number of nitrogens with zero attached hydrogens (tertiary/aromatic N) is 1. The van der Waals surface area contributed by atoms with Crippen LogP contribution in [0.1, 0.15) is 23.1 Å². The summed E-state index contributed by atoms with van der Waals surface area (Å²) in [4.78, 5) is 3.86. The van der Waals surface area contributed by atoms with E-state index in [0.29, 0.717) is 10.9 Å². The summed E-state index contributed by atoms with van der Waals surface area (Å²) in [5, 5.41) is 9.24. The van der Waals surface area contributed by atoms with Gasteiger partial charge in [0.05, 0.1) is 6.61 Å². The van der Waals surface area contributed by atoms with Gasteiger partial charge in [0.15, 0.2) is 0 Å². The Morgan fingerprint density at radius 2 is 2.14 bits per heavy atom. The summed E-state index contributed by atoms with van der Waals surface area (Å²) < 4.78 is 25.6. The molecular formula is C8H7Br2F2NO. The van der Waals surface area contributed by atoms with Gasteiger partial charge < -0.3 is 5.11 Å². The lowest BCUT2D eigenvalue weighted by atomic mass is 10.1. The summed E-state index contributed by atoms with van der Waals surface area (Å²) in [5.41, 5.74) is 0.399. The molecule has 0 amide bonds. The van der Waals surface area contributed by atoms with Crippen LogP contribution in [0.25, 0.3) is 0 Å². The van der Waals surface area contributed by atoms with Gasteiger partial charge in [0, 0.05) is 22.7 Å². The molecule has 14 heavy (non-hydrogen) atoms. The first-order chi connectivity index (χ1) is 6.61. The van der Waals surface area contributed by atoms with Crippen LogP contribution in [-0.2, 0) is 11.9 Å². The monoisotopic (exact) mass is 329 g/mol. The van der Waals surface area contributed by atoms with Crippen LogP contribution >= 0.6 is 31.9 Å². The molecule has 1 rings (SSSR count). The fraction of sp³-hybridized carbons (Fsp3) is 0.375. The van der Waals surface area contributed by atoms with E-state index in [-0.39, 0.29) is 15.7 Å². The van der Waals surface area contributed by atoms with E-state index in [1.807, 2.05) is 0 Å². The molecular weight excluding hydrogens is 324 g/mol. The molecule has 0 radical (unpaired) electrons. The first-order valence-electron chi connectivity index (χ1n) is 3.73. The maximum atomic E-state index is 12.7. The molecule has 0 aliphatic heterocycles. The SMILES string of the molecule is OCc1c(Br)ncc(CBr)c1C(F)F. The van der Waals surface area contributed by atoms with Gasteiger partial charge >= 0.3 is 0 Å². The van der Waals surface area contributed by atoms with E-state index in [1.165, 1.54) is 6.20 Å². The van der Waals surface area contributed by atoms with Gasteiger partial charge in [0.2, 0.25) is 0 Å². The van der Waals surface area contributed by atoms with Crippen molar-refractivity contribution >= 4 is 31.9 Å². The normalized spacial score (nSPS) is 11.0. The first-order valence-corrected chi connectivity index (χ1v) is 5.64. The molecule has 6 heteroatoms. The van der Waals surface area contributed by atoms with Gasteiger partial charge in [-0.15, -0.1) is 0 Å². The third-order valence-corrected chi connectivity index (χ3v) is 3.06. The predicted molar refractivity (Wildman–Crippen MR) is 55.4 cm³/mol.